The van der Waals surface area contributed by atoms with Gasteiger partial charge in [0.05, 0.1) is 34.1 Å². The summed E-state index contributed by atoms with van der Waals surface area (Å²) in [5.74, 6) is 2.54. The van der Waals surface area contributed by atoms with Crippen LogP contribution in [0.4, 0.5) is 5.13 Å². The zero-order valence-corrected chi connectivity index (χ0v) is 18.8. The summed E-state index contributed by atoms with van der Waals surface area (Å²) in [7, 11) is 6.44. The van der Waals surface area contributed by atoms with Gasteiger partial charge in [0, 0.05) is 33.1 Å². The molecule has 1 aliphatic rings. The fraction of sp³-hybridized carbons (Fsp3) is 0.238. The van der Waals surface area contributed by atoms with Gasteiger partial charge in [0.15, 0.2) is 11.5 Å². The van der Waals surface area contributed by atoms with Crippen LogP contribution in [-0.2, 0) is 6.42 Å². The minimum absolute atomic E-state index is 0.551. The average molecular weight is 475 g/mol. The quantitative estimate of drug-likeness (QED) is 0.356. The van der Waals surface area contributed by atoms with Crippen molar-refractivity contribution in [1.29, 1.82) is 0 Å². The summed E-state index contributed by atoms with van der Waals surface area (Å²) in [4.78, 5) is 10.5. The molecule has 0 bridgehead atoms. The SMILES string of the molecule is COc1cc(C=Nc2nc3c(s2)Cc2c(Br)ccc(OC)c2-3)cc(OC)c1OC. The number of hydrogen-bond acceptors (Lipinski definition) is 7. The van der Waals surface area contributed by atoms with E-state index < -0.39 is 0 Å². The van der Waals surface area contributed by atoms with Gasteiger partial charge in [0.1, 0.15) is 5.75 Å². The molecule has 4 rings (SSSR count). The Morgan fingerprint density at radius 2 is 1.69 bits per heavy atom. The normalized spacial score (nSPS) is 12.0. The van der Waals surface area contributed by atoms with Gasteiger partial charge in [-0.1, -0.05) is 27.3 Å². The number of aromatic nitrogens is 1. The molecule has 0 saturated carbocycles. The molecule has 2 aromatic carbocycles. The molecule has 0 aliphatic heterocycles. The van der Waals surface area contributed by atoms with Crippen molar-refractivity contribution in [1.82, 2.24) is 4.98 Å². The second-order valence-corrected chi connectivity index (χ2v) is 8.18. The second-order valence-electron chi connectivity index (χ2n) is 6.27. The third kappa shape index (κ3) is 3.47. The Labute approximate surface area is 181 Å². The van der Waals surface area contributed by atoms with E-state index in [2.05, 4.69) is 20.9 Å². The molecule has 0 saturated heterocycles. The van der Waals surface area contributed by atoms with Crippen LogP contribution in [-0.4, -0.2) is 39.6 Å². The summed E-state index contributed by atoms with van der Waals surface area (Å²) in [6.45, 7) is 0. The molecule has 0 fully saturated rings. The standard InChI is InChI=1S/C21H19BrN2O4S/c1-25-14-6-5-13(22)12-9-17-19(18(12)14)24-21(29-17)23-10-11-7-15(26-2)20(28-4)16(8-11)27-3/h5-8,10H,9H2,1-4H3. The van der Waals surface area contributed by atoms with Gasteiger partial charge >= 0.3 is 0 Å². The number of methoxy groups -OCH3 is 4. The van der Waals surface area contributed by atoms with E-state index in [1.54, 1.807) is 46.0 Å². The topological polar surface area (TPSA) is 62.2 Å². The van der Waals surface area contributed by atoms with E-state index in [-0.39, 0.29) is 0 Å². The number of aliphatic imine (C=N–C) groups is 1. The van der Waals surface area contributed by atoms with Crippen LogP contribution < -0.4 is 18.9 Å². The zero-order chi connectivity index (χ0) is 20.5. The number of halogens is 1. The van der Waals surface area contributed by atoms with E-state index in [1.165, 1.54) is 10.4 Å². The first kappa shape index (κ1) is 19.7. The first-order valence-corrected chi connectivity index (χ1v) is 10.4. The van der Waals surface area contributed by atoms with Crippen molar-refractivity contribution < 1.29 is 18.9 Å². The van der Waals surface area contributed by atoms with Crippen LogP contribution in [0.2, 0.25) is 0 Å². The summed E-state index contributed by atoms with van der Waals surface area (Å²) < 4.78 is 22.8. The molecule has 1 heterocycles. The van der Waals surface area contributed by atoms with Crippen molar-refractivity contribution in [3.63, 3.8) is 0 Å². The molecule has 0 spiro atoms. The number of ether oxygens (including phenoxy) is 4. The third-order valence-corrected chi connectivity index (χ3v) is 6.42. The molecule has 0 radical (unpaired) electrons. The highest BCUT2D eigenvalue weighted by molar-refractivity contribution is 9.10. The molecule has 150 valence electrons. The molecular weight excluding hydrogens is 456 g/mol. The fourth-order valence-corrected chi connectivity index (χ4v) is 4.77. The molecule has 0 atom stereocenters. The molecule has 8 heteroatoms. The summed E-state index contributed by atoms with van der Waals surface area (Å²) >= 11 is 5.21. The third-order valence-electron chi connectivity index (χ3n) is 4.71. The van der Waals surface area contributed by atoms with Crippen LogP contribution in [0, 0.1) is 0 Å². The van der Waals surface area contributed by atoms with E-state index in [0.29, 0.717) is 22.4 Å². The van der Waals surface area contributed by atoms with Crippen molar-refractivity contribution in [2.24, 2.45) is 4.99 Å². The predicted octanol–water partition coefficient (Wildman–Crippen LogP) is 5.26. The monoisotopic (exact) mass is 474 g/mol. The Morgan fingerprint density at radius 1 is 1.00 bits per heavy atom. The lowest BCUT2D eigenvalue weighted by atomic mass is 10.1. The Hall–Kier alpha value is -2.58. The van der Waals surface area contributed by atoms with Gasteiger partial charge < -0.3 is 18.9 Å². The Bertz CT molecular complexity index is 1090. The Balaban J connectivity index is 1.68. The van der Waals surface area contributed by atoms with Gasteiger partial charge in [-0.3, -0.25) is 0 Å². The molecule has 6 nitrogen and oxygen atoms in total. The molecule has 1 aromatic heterocycles. The summed E-state index contributed by atoms with van der Waals surface area (Å²) in [6.07, 6.45) is 2.57. The maximum absolute atomic E-state index is 5.55. The lowest BCUT2D eigenvalue weighted by Crippen LogP contribution is -1.96. The number of hydrogen-bond donors (Lipinski definition) is 0. The van der Waals surface area contributed by atoms with E-state index in [4.69, 9.17) is 23.9 Å². The summed E-state index contributed by atoms with van der Waals surface area (Å²) in [6, 6.07) is 7.66. The van der Waals surface area contributed by atoms with Crippen LogP contribution in [0.1, 0.15) is 16.0 Å². The smallest absolute Gasteiger partial charge is 0.209 e. The highest BCUT2D eigenvalue weighted by atomic mass is 79.9. The average Bonchev–Trinajstić information content (AvgIpc) is 3.30. The number of benzene rings is 2. The Morgan fingerprint density at radius 3 is 2.31 bits per heavy atom. The summed E-state index contributed by atoms with van der Waals surface area (Å²) in [5, 5.41) is 0.691. The van der Waals surface area contributed by atoms with Gasteiger partial charge in [-0.25, -0.2) is 9.98 Å². The van der Waals surface area contributed by atoms with Crippen LogP contribution >= 0.6 is 27.3 Å². The van der Waals surface area contributed by atoms with Gasteiger partial charge in [-0.05, 0) is 29.8 Å². The maximum Gasteiger partial charge on any atom is 0.209 e. The van der Waals surface area contributed by atoms with Gasteiger partial charge in [-0.15, -0.1) is 0 Å². The van der Waals surface area contributed by atoms with Gasteiger partial charge in [-0.2, -0.15) is 0 Å². The highest BCUT2D eigenvalue weighted by Crippen LogP contribution is 2.48. The molecule has 29 heavy (non-hydrogen) atoms. The number of fused-ring (bicyclic) bond motifs is 3. The van der Waals surface area contributed by atoms with Crippen LogP contribution in [0.3, 0.4) is 0 Å². The predicted molar refractivity (Wildman–Crippen MR) is 118 cm³/mol. The first-order chi connectivity index (χ1) is 14.1. The van der Waals surface area contributed by atoms with Crippen LogP contribution in [0.15, 0.2) is 33.7 Å². The fourth-order valence-electron chi connectivity index (χ4n) is 3.38. The van der Waals surface area contributed by atoms with Crippen LogP contribution in [0.25, 0.3) is 11.3 Å². The van der Waals surface area contributed by atoms with Crippen LogP contribution in [0.5, 0.6) is 23.0 Å². The lowest BCUT2D eigenvalue weighted by Gasteiger charge is -2.12. The van der Waals surface area contributed by atoms with Gasteiger partial charge in [0.25, 0.3) is 0 Å². The van der Waals surface area contributed by atoms with E-state index >= 15 is 0 Å². The Kier molecular flexibility index (Phi) is 5.47. The van der Waals surface area contributed by atoms with Gasteiger partial charge in [0.2, 0.25) is 10.9 Å². The number of nitrogens with zero attached hydrogens (tertiary/aromatic N) is 2. The lowest BCUT2D eigenvalue weighted by molar-refractivity contribution is 0.324. The zero-order valence-electron chi connectivity index (χ0n) is 16.4. The van der Waals surface area contributed by atoms with Crippen molar-refractivity contribution in [2.75, 3.05) is 28.4 Å². The maximum atomic E-state index is 5.55. The van der Waals surface area contributed by atoms with Crippen molar-refractivity contribution >= 4 is 38.6 Å². The highest BCUT2D eigenvalue weighted by Gasteiger charge is 2.28. The summed E-state index contributed by atoms with van der Waals surface area (Å²) in [5.41, 5.74) is 4.02. The van der Waals surface area contributed by atoms with Crippen molar-refractivity contribution in [2.45, 2.75) is 6.42 Å². The van der Waals surface area contributed by atoms with Crippen molar-refractivity contribution in [3.8, 4) is 34.3 Å². The minimum atomic E-state index is 0.551. The van der Waals surface area contributed by atoms with Crippen molar-refractivity contribution in [3.05, 3.63) is 44.7 Å². The largest absolute Gasteiger partial charge is 0.496 e. The van der Waals surface area contributed by atoms with E-state index in [1.807, 2.05) is 24.3 Å². The molecular formula is C21H19BrN2O4S. The molecule has 0 amide bonds. The van der Waals surface area contributed by atoms with E-state index in [0.717, 1.165) is 33.5 Å². The number of rotatable bonds is 6. The number of thiazole rings is 1. The molecule has 0 unspecified atom stereocenters. The van der Waals surface area contributed by atoms with E-state index in [9.17, 15) is 0 Å². The first-order valence-electron chi connectivity index (χ1n) is 8.79. The second kappa shape index (κ2) is 8.04. The molecule has 1 aliphatic carbocycles. The minimum Gasteiger partial charge on any atom is -0.496 e. The molecule has 3 aromatic rings. The molecule has 0 N–H and O–H groups in total.